The fourth-order valence-electron chi connectivity index (χ4n) is 5.04. The van der Waals surface area contributed by atoms with E-state index in [2.05, 4.69) is 5.32 Å². The van der Waals surface area contributed by atoms with Crippen LogP contribution in [0.15, 0.2) is 72.8 Å². The molecule has 2 amide bonds. The number of carbonyl (C=O) groups is 3. The zero-order chi connectivity index (χ0) is 26.9. The van der Waals surface area contributed by atoms with Crippen molar-refractivity contribution in [3.05, 3.63) is 95.1 Å². The lowest BCUT2D eigenvalue weighted by Gasteiger charge is -2.23. The molecule has 0 saturated carbocycles. The van der Waals surface area contributed by atoms with Crippen LogP contribution < -0.4 is 5.32 Å². The van der Waals surface area contributed by atoms with Crippen molar-refractivity contribution in [2.45, 2.75) is 25.0 Å². The van der Waals surface area contributed by atoms with Crippen molar-refractivity contribution < 1.29 is 32.3 Å². The Hall–Kier alpha value is -4.14. The lowest BCUT2D eigenvalue weighted by molar-refractivity contribution is -0.154. The monoisotopic (exact) mass is 522 g/mol. The molecule has 0 radical (unpaired) electrons. The maximum absolute atomic E-state index is 14.8. The van der Waals surface area contributed by atoms with Crippen LogP contribution in [0.25, 0.3) is 11.1 Å². The summed E-state index contributed by atoms with van der Waals surface area (Å²) in [6.07, 6.45) is 0.127. The average Bonchev–Trinajstić information content (AvgIpc) is 3.48. The normalized spacial score (nSPS) is 19.0. The second kappa shape index (κ2) is 10.3. The van der Waals surface area contributed by atoms with Gasteiger partial charge in [-0.15, -0.1) is 0 Å². The molecule has 1 aliphatic carbocycles. The van der Waals surface area contributed by atoms with Crippen molar-refractivity contribution in [1.82, 2.24) is 10.2 Å². The fraction of sp³-hybridized carbons (Fsp3) is 0.276. The van der Waals surface area contributed by atoms with Crippen molar-refractivity contribution in [3.63, 3.8) is 0 Å². The number of esters is 1. The first kappa shape index (κ1) is 25.5. The van der Waals surface area contributed by atoms with Gasteiger partial charge in [-0.25, -0.2) is 4.79 Å². The van der Waals surface area contributed by atoms with Crippen molar-refractivity contribution in [2.24, 2.45) is 5.92 Å². The van der Waals surface area contributed by atoms with Gasteiger partial charge in [0.2, 0.25) is 5.91 Å². The number of rotatable bonds is 7. The summed E-state index contributed by atoms with van der Waals surface area (Å²) in [5, 5.41) is 2.50. The third-order valence-corrected chi connectivity index (χ3v) is 7.00. The minimum atomic E-state index is -3.16. The summed E-state index contributed by atoms with van der Waals surface area (Å²) in [5.41, 5.74) is 1.20. The number of fused-ring (bicyclic) bond motifs is 3. The number of hydrogen-bond donors (Lipinski definition) is 1. The molecular formula is C29H25F3N2O4. The Labute approximate surface area is 217 Å². The highest BCUT2D eigenvalue weighted by Gasteiger charge is 2.44. The minimum Gasteiger partial charge on any atom is -0.459 e. The molecule has 0 aromatic heterocycles. The van der Waals surface area contributed by atoms with Crippen LogP contribution in [0.3, 0.4) is 0 Å². The molecule has 0 bridgehead atoms. The van der Waals surface area contributed by atoms with Gasteiger partial charge in [0.15, 0.2) is 0 Å². The Morgan fingerprint density at radius 1 is 0.947 bits per heavy atom. The topological polar surface area (TPSA) is 75.7 Å². The van der Waals surface area contributed by atoms with Gasteiger partial charge < -0.3 is 15.0 Å². The number of halogens is 3. The first-order valence-electron chi connectivity index (χ1n) is 12.3. The Morgan fingerprint density at radius 3 is 2.42 bits per heavy atom. The highest BCUT2D eigenvalue weighted by Crippen LogP contribution is 2.50. The van der Waals surface area contributed by atoms with Crippen molar-refractivity contribution in [2.75, 3.05) is 19.8 Å². The average molecular weight is 523 g/mol. The zero-order valence-electron chi connectivity index (χ0n) is 20.3. The smallest absolute Gasteiger partial charge is 0.329 e. The van der Waals surface area contributed by atoms with Gasteiger partial charge in [0.25, 0.3) is 11.8 Å². The number of benzene rings is 3. The summed E-state index contributed by atoms with van der Waals surface area (Å²) in [6, 6.07) is 18.1. The first-order valence-corrected chi connectivity index (χ1v) is 12.3. The minimum absolute atomic E-state index is 0.0235. The van der Waals surface area contributed by atoms with Gasteiger partial charge in [-0.1, -0.05) is 60.7 Å². The number of hydrogen-bond acceptors (Lipinski definition) is 4. The molecule has 0 spiro atoms. The summed E-state index contributed by atoms with van der Waals surface area (Å²) in [4.78, 5) is 39.7. The highest BCUT2D eigenvalue weighted by molar-refractivity contribution is 5.99. The maximum Gasteiger partial charge on any atom is 0.329 e. The molecule has 1 aliphatic heterocycles. The van der Waals surface area contributed by atoms with Crippen LogP contribution in [-0.2, 0) is 26.9 Å². The number of nitrogens with one attached hydrogen (secondary N) is 1. The van der Waals surface area contributed by atoms with Crippen LogP contribution in [-0.4, -0.2) is 48.5 Å². The molecule has 9 heteroatoms. The predicted octanol–water partition coefficient (Wildman–Crippen LogP) is 4.47. The third-order valence-electron chi connectivity index (χ3n) is 7.00. The van der Waals surface area contributed by atoms with Gasteiger partial charge >= 0.3 is 5.97 Å². The molecule has 3 aromatic rings. The summed E-state index contributed by atoms with van der Waals surface area (Å²) in [5.74, 6) is -5.50. The molecule has 196 valence electrons. The molecule has 2 atom stereocenters. The van der Waals surface area contributed by atoms with Crippen LogP contribution >= 0.6 is 0 Å². The number of carbonyl (C=O) groups excluding carboxylic acids is 3. The number of nitrogens with zero attached hydrogens (tertiary/aromatic N) is 1. The molecule has 38 heavy (non-hydrogen) atoms. The van der Waals surface area contributed by atoms with E-state index in [0.717, 1.165) is 5.56 Å². The van der Waals surface area contributed by atoms with Gasteiger partial charge in [0, 0.05) is 29.2 Å². The van der Waals surface area contributed by atoms with E-state index in [1.54, 1.807) is 24.3 Å². The van der Waals surface area contributed by atoms with E-state index >= 15 is 0 Å². The summed E-state index contributed by atoms with van der Waals surface area (Å²) < 4.78 is 48.4. The molecular weight excluding hydrogens is 497 g/mol. The molecule has 0 unspecified atom stereocenters. The SMILES string of the molecule is O=C(NCC(=O)N1C[C@@H](CF)C[C@H]1C(=O)OCc1ccccc1)c1ccc2c(c1)-c1ccccc1C2(F)F. The van der Waals surface area contributed by atoms with Crippen LogP contribution in [0, 0.1) is 5.92 Å². The van der Waals surface area contributed by atoms with Crippen LogP contribution in [0.4, 0.5) is 13.2 Å². The Bertz CT molecular complexity index is 1380. The fourth-order valence-corrected chi connectivity index (χ4v) is 5.04. The molecule has 1 fully saturated rings. The molecule has 3 aromatic carbocycles. The van der Waals surface area contributed by atoms with Crippen molar-refractivity contribution in [3.8, 4) is 11.1 Å². The zero-order valence-corrected chi connectivity index (χ0v) is 20.3. The molecule has 1 saturated heterocycles. The summed E-state index contributed by atoms with van der Waals surface area (Å²) >= 11 is 0. The molecule has 5 rings (SSSR count). The van der Waals surface area contributed by atoms with E-state index in [1.807, 2.05) is 18.2 Å². The van der Waals surface area contributed by atoms with Crippen molar-refractivity contribution >= 4 is 17.8 Å². The molecule has 1 heterocycles. The Balaban J connectivity index is 1.24. The standard InChI is InChI=1S/C29H25F3N2O4/c30-14-19-12-25(28(37)38-17-18-6-2-1-3-7-18)34(16-19)26(35)15-33-27(36)20-10-11-24-22(13-20)21-8-4-5-9-23(21)29(24,31)32/h1-11,13,19,25H,12,14-17H2,(H,33,36)/t19-,25+/m1/s1. The Kier molecular flexibility index (Phi) is 6.93. The van der Waals surface area contributed by atoms with Gasteiger partial charge in [0.1, 0.15) is 12.6 Å². The number of ether oxygens (including phenoxy) is 1. The summed E-state index contributed by atoms with van der Waals surface area (Å²) in [6.45, 7) is -1.08. The van der Waals surface area contributed by atoms with E-state index < -0.39 is 48.9 Å². The summed E-state index contributed by atoms with van der Waals surface area (Å²) in [7, 11) is 0. The third kappa shape index (κ3) is 4.76. The molecule has 2 aliphatic rings. The van der Waals surface area contributed by atoms with E-state index in [1.165, 1.54) is 35.2 Å². The van der Waals surface area contributed by atoms with Crippen LogP contribution in [0.1, 0.15) is 33.5 Å². The van der Waals surface area contributed by atoms with E-state index in [0.29, 0.717) is 5.56 Å². The molecule has 6 nitrogen and oxygen atoms in total. The van der Waals surface area contributed by atoms with Crippen LogP contribution in [0.5, 0.6) is 0 Å². The van der Waals surface area contributed by atoms with Gasteiger partial charge in [-0.05, 0) is 35.2 Å². The molecule has 1 N–H and O–H groups in total. The van der Waals surface area contributed by atoms with Gasteiger partial charge in [0.05, 0.1) is 13.2 Å². The number of likely N-dealkylation sites (tertiary alicyclic amines) is 1. The maximum atomic E-state index is 14.8. The lowest BCUT2D eigenvalue weighted by Crippen LogP contribution is -2.46. The Morgan fingerprint density at radius 2 is 1.66 bits per heavy atom. The number of alkyl halides is 3. The number of amides is 2. The van der Waals surface area contributed by atoms with Crippen LogP contribution in [0.2, 0.25) is 0 Å². The quantitative estimate of drug-likeness (QED) is 0.465. The first-order chi connectivity index (χ1) is 18.3. The van der Waals surface area contributed by atoms with Gasteiger partial charge in [-0.3, -0.25) is 14.0 Å². The second-order valence-electron chi connectivity index (χ2n) is 9.47. The largest absolute Gasteiger partial charge is 0.459 e. The second-order valence-corrected chi connectivity index (χ2v) is 9.47. The van der Waals surface area contributed by atoms with E-state index in [-0.39, 0.29) is 41.8 Å². The highest BCUT2D eigenvalue weighted by atomic mass is 19.3. The van der Waals surface area contributed by atoms with E-state index in [4.69, 9.17) is 4.74 Å². The lowest BCUT2D eigenvalue weighted by atomic mass is 10.0. The van der Waals surface area contributed by atoms with Crippen molar-refractivity contribution in [1.29, 1.82) is 0 Å². The van der Waals surface area contributed by atoms with E-state index in [9.17, 15) is 27.6 Å². The predicted molar refractivity (Wildman–Crippen MR) is 133 cm³/mol. The van der Waals surface area contributed by atoms with Gasteiger partial charge in [-0.2, -0.15) is 8.78 Å².